The second-order valence-corrected chi connectivity index (χ2v) is 10.7. The van der Waals surface area contributed by atoms with Crippen LogP contribution in [-0.2, 0) is 16.7 Å². The third-order valence-electron chi connectivity index (χ3n) is 4.87. The molecule has 29 heavy (non-hydrogen) atoms. The maximum absolute atomic E-state index is 11.1. The van der Waals surface area contributed by atoms with Crippen molar-refractivity contribution in [1.29, 1.82) is 0 Å². The van der Waals surface area contributed by atoms with Gasteiger partial charge in [0.2, 0.25) is 5.52 Å². The third kappa shape index (κ3) is 4.35. The van der Waals surface area contributed by atoms with Crippen LogP contribution >= 0.6 is 23.1 Å². The van der Waals surface area contributed by atoms with Crippen LogP contribution in [0.1, 0.15) is 23.9 Å². The van der Waals surface area contributed by atoms with Gasteiger partial charge in [0, 0.05) is 23.9 Å². The highest BCUT2D eigenvalue weighted by Crippen LogP contribution is 2.47. The van der Waals surface area contributed by atoms with Crippen molar-refractivity contribution < 1.29 is 17.5 Å². The maximum atomic E-state index is 11.1. The highest BCUT2D eigenvalue weighted by molar-refractivity contribution is 8.03. The summed E-state index contributed by atoms with van der Waals surface area (Å²) < 4.78 is 34.7. The first-order valence-corrected chi connectivity index (χ1v) is 12.7. The summed E-state index contributed by atoms with van der Waals surface area (Å²) in [5, 5.41) is 2.25. The number of hydrogen-bond acceptors (Lipinski definition) is 5. The normalized spacial score (nSPS) is 15.4. The molecule has 152 valence electrons. The molecule has 0 unspecified atom stereocenters. The first-order chi connectivity index (χ1) is 13.9. The van der Waals surface area contributed by atoms with Crippen LogP contribution in [0.4, 0.5) is 5.69 Å². The lowest BCUT2D eigenvalue weighted by Gasteiger charge is -2.17. The van der Waals surface area contributed by atoms with Crippen LogP contribution in [0.25, 0.3) is 16.3 Å². The van der Waals surface area contributed by atoms with Gasteiger partial charge in [-0.3, -0.25) is 4.55 Å². The van der Waals surface area contributed by atoms with E-state index >= 15 is 0 Å². The summed E-state index contributed by atoms with van der Waals surface area (Å²) in [7, 11) is -3.96. The average Bonchev–Trinajstić information content (AvgIpc) is 3.18. The van der Waals surface area contributed by atoms with Crippen molar-refractivity contribution in [3.63, 3.8) is 0 Å². The Morgan fingerprint density at radius 3 is 2.76 bits per heavy atom. The SMILES string of the molecule is CCN1C(=Cc2sc3ccccc3[n+]2CCCS(=O)(=O)O)Sc2ccc(C)cc21. The molecule has 4 rings (SSSR count). The highest BCUT2D eigenvalue weighted by Gasteiger charge is 2.27. The van der Waals surface area contributed by atoms with Gasteiger partial charge in [-0.25, -0.2) is 0 Å². The van der Waals surface area contributed by atoms with E-state index in [1.807, 2.05) is 12.1 Å². The Balaban J connectivity index is 1.73. The molecule has 0 aliphatic carbocycles. The summed E-state index contributed by atoms with van der Waals surface area (Å²) in [6, 6.07) is 14.7. The molecule has 1 aliphatic heterocycles. The van der Waals surface area contributed by atoms with Gasteiger partial charge in [-0.05, 0) is 37.6 Å². The molecular weight excluding hydrogens is 424 g/mol. The minimum atomic E-state index is -3.96. The third-order valence-corrected chi connectivity index (χ3v) is 7.90. The van der Waals surface area contributed by atoms with E-state index in [2.05, 4.69) is 59.7 Å². The van der Waals surface area contributed by atoms with Gasteiger partial charge in [-0.1, -0.05) is 41.3 Å². The smallest absolute Gasteiger partial charge is 0.265 e. The fraction of sp³-hybridized carbons (Fsp3) is 0.286. The van der Waals surface area contributed by atoms with Crippen molar-refractivity contribution in [1.82, 2.24) is 0 Å². The van der Waals surface area contributed by atoms with Gasteiger partial charge in [-0.2, -0.15) is 13.0 Å². The summed E-state index contributed by atoms with van der Waals surface area (Å²) >= 11 is 3.46. The van der Waals surface area contributed by atoms with Crippen LogP contribution in [0.2, 0.25) is 0 Å². The average molecular weight is 448 g/mol. The number of thioether (sulfide) groups is 1. The lowest BCUT2D eigenvalue weighted by Crippen LogP contribution is -2.36. The van der Waals surface area contributed by atoms with Crippen molar-refractivity contribution >= 4 is 55.2 Å². The topological polar surface area (TPSA) is 61.5 Å². The summed E-state index contributed by atoms with van der Waals surface area (Å²) in [6.45, 7) is 5.67. The summed E-state index contributed by atoms with van der Waals surface area (Å²) in [6.07, 6.45) is 2.56. The second-order valence-electron chi connectivity index (χ2n) is 7.00. The Morgan fingerprint density at radius 2 is 2.00 bits per heavy atom. The molecule has 1 aliphatic rings. The number of aryl methyl sites for hydroxylation is 2. The monoisotopic (exact) mass is 447 g/mol. The zero-order valence-corrected chi connectivity index (χ0v) is 18.8. The summed E-state index contributed by atoms with van der Waals surface area (Å²) in [5.74, 6) is -0.235. The van der Waals surface area contributed by atoms with Crippen molar-refractivity contribution in [3.8, 4) is 0 Å². The van der Waals surface area contributed by atoms with E-state index in [9.17, 15) is 8.42 Å². The van der Waals surface area contributed by atoms with E-state index in [0.717, 1.165) is 21.8 Å². The lowest BCUT2D eigenvalue weighted by molar-refractivity contribution is -0.668. The number of nitrogens with zero attached hydrogens (tertiary/aromatic N) is 2. The number of hydrogen-bond donors (Lipinski definition) is 1. The number of rotatable bonds is 6. The van der Waals surface area contributed by atoms with E-state index < -0.39 is 10.1 Å². The number of anilines is 1. The Kier molecular flexibility index (Phi) is 5.70. The molecule has 0 amide bonds. The minimum absolute atomic E-state index is 0.235. The molecule has 0 saturated heterocycles. The Bertz CT molecular complexity index is 1200. The molecule has 1 N–H and O–H groups in total. The van der Waals surface area contributed by atoms with Crippen LogP contribution in [-0.4, -0.2) is 25.3 Å². The van der Waals surface area contributed by atoms with E-state index in [0.29, 0.717) is 13.0 Å². The number of fused-ring (bicyclic) bond motifs is 2. The van der Waals surface area contributed by atoms with E-state index in [4.69, 9.17) is 4.55 Å². The molecule has 2 aromatic carbocycles. The van der Waals surface area contributed by atoms with Gasteiger partial charge >= 0.3 is 0 Å². The number of para-hydroxylation sites is 1. The molecule has 3 aromatic rings. The molecule has 0 radical (unpaired) electrons. The van der Waals surface area contributed by atoms with Crippen molar-refractivity contribution in [2.75, 3.05) is 17.2 Å². The fourth-order valence-corrected chi connectivity index (χ4v) is 6.38. The lowest BCUT2D eigenvalue weighted by atomic mass is 10.2. The molecule has 0 fully saturated rings. The summed E-state index contributed by atoms with van der Waals surface area (Å²) in [4.78, 5) is 3.57. The molecule has 0 bridgehead atoms. The molecular formula is C21H23N2O3S3+. The molecule has 0 spiro atoms. The molecule has 2 heterocycles. The predicted octanol–water partition coefficient (Wildman–Crippen LogP) is 4.71. The summed E-state index contributed by atoms with van der Waals surface area (Å²) in [5.41, 5.74) is 3.56. The standard InChI is InChI=1S/C21H22N2O3S3/c1-3-22-17-13-15(2)9-10-19(17)28-20(22)14-21-23(11-6-12-29(24,25)26)16-7-4-5-8-18(16)27-21/h4-5,7-10,13-14H,3,6,11-12H2,1-2H3/p+1. The highest BCUT2D eigenvalue weighted by atomic mass is 32.2. The Labute approximate surface area is 179 Å². The van der Waals surface area contributed by atoms with Crippen LogP contribution in [0, 0.1) is 6.92 Å². The minimum Gasteiger partial charge on any atom is -0.335 e. The first kappa shape index (κ1) is 20.4. The molecule has 8 heteroatoms. The number of benzene rings is 2. The fourth-order valence-electron chi connectivity index (χ4n) is 3.55. The zero-order chi connectivity index (χ0) is 20.6. The van der Waals surface area contributed by atoms with Crippen molar-refractivity contribution in [2.45, 2.75) is 31.7 Å². The van der Waals surface area contributed by atoms with E-state index in [1.54, 1.807) is 23.1 Å². The second kappa shape index (κ2) is 8.10. The van der Waals surface area contributed by atoms with Gasteiger partial charge in [0.15, 0.2) is 6.54 Å². The van der Waals surface area contributed by atoms with Crippen molar-refractivity contribution in [2.24, 2.45) is 0 Å². The van der Waals surface area contributed by atoms with Gasteiger partial charge in [0.05, 0.1) is 22.5 Å². The van der Waals surface area contributed by atoms with Crippen LogP contribution in [0.5, 0.6) is 0 Å². The van der Waals surface area contributed by atoms with Crippen molar-refractivity contribution in [3.05, 3.63) is 58.1 Å². The zero-order valence-electron chi connectivity index (χ0n) is 16.3. The van der Waals surface area contributed by atoms with Crippen LogP contribution < -0.4 is 9.47 Å². The molecule has 1 aromatic heterocycles. The predicted molar refractivity (Wildman–Crippen MR) is 121 cm³/mol. The number of thiazole rings is 1. The first-order valence-electron chi connectivity index (χ1n) is 9.50. The van der Waals surface area contributed by atoms with Gasteiger partial charge in [0.1, 0.15) is 4.70 Å². The Hall–Kier alpha value is -1.87. The van der Waals surface area contributed by atoms with Crippen LogP contribution in [0.15, 0.2) is 52.4 Å². The van der Waals surface area contributed by atoms with Gasteiger partial charge in [-0.15, -0.1) is 0 Å². The van der Waals surface area contributed by atoms with Gasteiger partial charge in [0.25, 0.3) is 15.1 Å². The Morgan fingerprint density at radius 1 is 1.21 bits per heavy atom. The maximum Gasteiger partial charge on any atom is 0.265 e. The van der Waals surface area contributed by atoms with E-state index in [-0.39, 0.29) is 5.75 Å². The number of aromatic nitrogens is 1. The van der Waals surface area contributed by atoms with E-state index in [1.165, 1.54) is 21.2 Å². The molecule has 5 nitrogen and oxygen atoms in total. The van der Waals surface area contributed by atoms with Crippen LogP contribution in [0.3, 0.4) is 0 Å². The largest absolute Gasteiger partial charge is 0.335 e. The quantitative estimate of drug-likeness (QED) is 0.438. The van der Waals surface area contributed by atoms with Gasteiger partial charge < -0.3 is 4.90 Å². The molecule has 0 atom stereocenters. The molecule has 0 saturated carbocycles.